The van der Waals surface area contributed by atoms with Crippen LogP contribution in [0.2, 0.25) is 0 Å². The van der Waals surface area contributed by atoms with E-state index < -0.39 is 11.6 Å². The van der Waals surface area contributed by atoms with Crippen LogP contribution in [-0.4, -0.2) is 0 Å². The quantitative estimate of drug-likeness (QED) is 0.915. The fraction of sp³-hybridized carbons (Fsp3) is 0.200. The maximum atomic E-state index is 13.5. The number of rotatable bonds is 4. The second-order valence-electron chi connectivity index (χ2n) is 4.32. The van der Waals surface area contributed by atoms with E-state index in [-0.39, 0.29) is 18.2 Å². The Balaban J connectivity index is 2.19. The van der Waals surface area contributed by atoms with Gasteiger partial charge in [-0.3, -0.25) is 0 Å². The van der Waals surface area contributed by atoms with Crippen molar-refractivity contribution in [1.29, 1.82) is 0 Å². The number of hydrogen-bond acceptors (Lipinski definition) is 2. The molecule has 19 heavy (non-hydrogen) atoms. The zero-order valence-corrected chi connectivity index (χ0v) is 10.6. The highest BCUT2D eigenvalue weighted by molar-refractivity contribution is 5.35. The number of benzene rings is 2. The SMILES string of the molecule is C[C@@H](N)c1ccccc1OCc1c(F)cccc1F. The third-order valence-electron chi connectivity index (χ3n) is 2.84. The van der Waals surface area contributed by atoms with E-state index in [1.54, 1.807) is 12.1 Å². The Hall–Kier alpha value is -1.94. The van der Waals surface area contributed by atoms with E-state index >= 15 is 0 Å². The minimum absolute atomic E-state index is 0.0815. The molecule has 0 unspecified atom stereocenters. The number of halogens is 2. The molecule has 2 aromatic rings. The first kappa shape index (κ1) is 13.5. The summed E-state index contributed by atoms with van der Waals surface area (Å²) in [6.45, 7) is 1.66. The molecule has 2 aromatic carbocycles. The van der Waals surface area contributed by atoms with Crippen LogP contribution in [0, 0.1) is 11.6 Å². The van der Waals surface area contributed by atoms with Crippen LogP contribution in [0.5, 0.6) is 5.75 Å². The summed E-state index contributed by atoms with van der Waals surface area (Å²) in [5.41, 5.74) is 6.54. The third kappa shape index (κ3) is 3.09. The van der Waals surface area contributed by atoms with Gasteiger partial charge in [-0.25, -0.2) is 8.78 Å². The molecule has 0 heterocycles. The van der Waals surface area contributed by atoms with Gasteiger partial charge in [0.15, 0.2) is 0 Å². The van der Waals surface area contributed by atoms with E-state index in [4.69, 9.17) is 10.5 Å². The Bertz CT molecular complexity index is 550. The van der Waals surface area contributed by atoms with Gasteiger partial charge in [0.25, 0.3) is 0 Å². The second-order valence-corrected chi connectivity index (χ2v) is 4.32. The van der Waals surface area contributed by atoms with Gasteiger partial charge in [0.05, 0.1) is 5.56 Å². The van der Waals surface area contributed by atoms with Gasteiger partial charge >= 0.3 is 0 Å². The highest BCUT2D eigenvalue weighted by Crippen LogP contribution is 2.25. The van der Waals surface area contributed by atoms with Crippen molar-refractivity contribution >= 4 is 0 Å². The molecule has 100 valence electrons. The average molecular weight is 263 g/mol. The van der Waals surface area contributed by atoms with Crippen molar-refractivity contribution in [3.8, 4) is 5.75 Å². The van der Waals surface area contributed by atoms with Crippen LogP contribution < -0.4 is 10.5 Å². The van der Waals surface area contributed by atoms with Gasteiger partial charge in [-0.1, -0.05) is 24.3 Å². The monoisotopic (exact) mass is 263 g/mol. The first-order valence-electron chi connectivity index (χ1n) is 6.00. The van der Waals surface area contributed by atoms with Crippen LogP contribution in [-0.2, 0) is 6.61 Å². The highest BCUT2D eigenvalue weighted by Gasteiger charge is 2.11. The summed E-state index contributed by atoms with van der Waals surface area (Å²) in [5, 5.41) is 0. The molecule has 0 aliphatic heterocycles. The third-order valence-corrected chi connectivity index (χ3v) is 2.84. The molecule has 1 atom stereocenters. The smallest absolute Gasteiger partial charge is 0.132 e. The van der Waals surface area contributed by atoms with Crippen molar-refractivity contribution in [2.24, 2.45) is 5.73 Å². The lowest BCUT2D eigenvalue weighted by atomic mass is 10.1. The van der Waals surface area contributed by atoms with Gasteiger partial charge in [0.1, 0.15) is 24.0 Å². The van der Waals surface area contributed by atoms with Crippen molar-refractivity contribution in [2.75, 3.05) is 0 Å². The van der Waals surface area contributed by atoms with Gasteiger partial charge in [0.2, 0.25) is 0 Å². The Kier molecular flexibility index (Phi) is 4.12. The minimum Gasteiger partial charge on any atom is -0.488 e. The Morgan fingerprint density at radius 2 is 1.68 bits per heavy atom. The van der Waals surface area contributed by atoms with E-state index in [2.05, 4.69) is 0 Å². The summed E-state index contributed by atoms with van der Waals surface area (Å²) < 4.78 is 32.4. The topological polar surface area (TPSA) is 35.2 Å². The lowest BCUT2D eigenvalue weighted by molar-refractivity contribution is 0.288. The summed E-state index contributed by atoms with van der Waals surface area (Å²) in [6.07, 6.45) is 0. The average Bonchev–Trinajstić information content (AvgIpc) is 2.38. The molecule has 0 fully saturated rings. The maximum Gasteiger partial charge on any atom is 0.132 e. The zero-order valence-electron chi connectivity index (χ0n) is 10.6. The summed E-state index contributed by atoms with van der Waals surface area (Å²) in [7, 11) is 0. The molecule has 0 saturated carbocycles. The molecule has 0 aromatic heterocycles. The Morgan fingerprint density at radius 1 is 1.05 bits per heavy atom. The summed E-state index contributed by atoms with van der Waals surface area (Å²) in [6, 6.07) is 10.7. The largest absolute Gasteiger partial charge is 0.488 e. The molecule has 0 bridgehead atoms. The van der Waals surface area contributed by atoms with E-state index in [0.717, 1.165) is 5.56 Å². The predicted octanol–water partition coefficient (Wildman–Crippen LogP) is 3.56. The van der Waals surface area contributed by atoms with Crippen LogP contribution in [0.15, 0.2) is 42.5 Å². The molecule has 0 saturated heterocycles. The molecular formula is C15H15F2NO. The minimum atomic E-state index is -0.613. The standard InChI is InChI=1S/C15H15F2NO/c1-10(18)11-5-2-3-8-15(11)19-9-12-13(16)6-4-7-14(12)17/h2-8,10H,9,18H2,1H3/t10-/m1/s1. The second kappa shape index (κ2) is 5.80. The fourth-order valence-corrected chi connectivity index (χ4v) is 1.81. The first-order valence-corrected chi connectivity index (χ1v) is 6.00. The molecule has 2 nitrogen and oxygen atoms in total. The van der Waals surface area contributed by atoms with Crippen molar-refractivity contribution in [3.05, 3.63) is 65.2 Å². The van der Waals surface area contributed by atoms with Gasteiger partial charge in [-0.15, -0.1) is 0 Å². The van der Waals surface area contributed by atoms with E-state index in [9.17, 15) is 8.78 Å². The van der Waals surface area contributed by atoms with Crippen LogP contribution in [0.3, 0.4) is 0 Å². The molecule has 4 heteroatoms. The van der Waals surface area contributed by atoms with Crippen LogP contribution >= 0.6 is 0 Å². The molecular weight excluding hydrogens is 248 g/mol. The maximum absolute atomic E-state index is 13.5. The molecule has 0 spiro atoms. The van der Waals surface area contributed by atoms with Crippen LogP contribution in [0.4, 0.5) is 8.78 Å². The van der Waals surface area contributed by atoms with Gasteiger partial charge in [0, 0.05) is 11.6 Å². The van der Waals surface area contributed by atoms with E-state index in [0.29, 0.717) is 5.75 Å². The number of hydrogen-bond donors (Lipinski definition) is 1. The van der Waals surface area contributed by atoms with Crippen LogP contribution in [0.25, 0.3) is 0 Å². The van der Waals surface area contributed by atoms with Gasteiger partial charge in [-0.2, -0.15) is 0 Å². The molecule has 0 amide bonds. The normalized spacial score (nSPS) is 12.2. The molecule has 2 rings (SSSR count). The molecule has 2 N–H and O–H groups in total. The number of ether oxygens (including phenoxy) is 1. The predicted molar refractivity (Wildman–Crippen MR) is 69.7 cm³/mol. The summed E-state index contributed by atoms with van der Waals surface area (Å²) in [4.78, 5) is 0. The molecule has 0 radical (unpaired) electrons. The van der Waals surface area contributed by atoms with Crippen LogP contribution in [0.1, 0.15) is 24.1 Å². The van der Waals surface area contributed by atoms with E-state index in [1.807, 2.05) is 19.1 Å². The number of nitrogens with two attached hydrogens (primary N) is 1. The molecule has 0 aliphatic rings. The summed E-state index contributed by atoms with van der Waals surface area (Å²) >= 11 is 0. The zero-order chi connectivity index (χ0) is 13.8. The fourth-order valence-electron chi connectivity index (χ4n) is 1.81. The highest BCUT2D eigenvalue weighted by atomic mass is 19.1. The van der Waals surface area contributed by atoms with Crippen molar-refractivity contribution in [1.82, 2.24) is 0 Å². The molecule has 0 aliphatic carbocycles. The van der Waals surface area contributed by atoms with Gasteiger partial charge in [-0.05, 0) is 25.1 Å². The van der Waals surface area contributed by atoms with Crippen molar-refractivity contribution in [3.63, 3.8) is 0 Å². The van der Waals surface area contributed by atoms with Crippen molar-refractivity contribution in [2.45, 2.75) is 19.6 Å². The lowest BCUT2D eigenvalue weighted by Crippen LogP contribution is -2.09. The van der Waals surface area contributed by atoms with Crippen molar-refractivity contribution < 1.29 is 13.5 Å². The van der Waals surface area contributed by atoms with Gasteiger partial charge < -0.3 is 10.5 Å². The number of para-hydroxylation sites is 1. The lowest BCUT2D eigenvalue weighted by Gasteiger charge is -2.14. The first-order chi connectivity index (χ1) is 9.09. The summed E-state index contributed by atoms with van der Waals surface area (Å²) in [5.74, 6) is -0.684. The van der Waals surface area contributed by atoms with E-state index in [1.165, 1.54) is 18.2 Å². The Labute approximate surface area is 110 Å². The Morgan fingerprint density at radius 3 is 2.32 bits per heavy atom.